The van der Waals surface area contributed by atoms with Crippen molar-refractivity contribution in [2.45, 2.75) is 135 Å². The minimum absolute atomic E-state index is 0.0143. The second kappa shape index (κ2) is 27.9. The van der Waals surface area contributed by atoms with Gasteiger partial charge in [0.1, 0.15) is 41.0 Å². The highest BCUT2D eigenvalue weighted by atomic mass is 16.4. The van der Waals surface area contributed by atoms with Crippen molar-refractivity contribution >= 4 is 100 Å². The minimum atomic E-state index is -2.34. The summed E-state index contributed by atoms with van der Waals surface area (Å²) < 4.78 is 0. The van der Waals surface area contributed by atoms with Crippen LogP contribution in [0.4, 0.5) is 0 Å². The number of nitrogens with one attached hydrogen (secondary N) is 3. The van der Waals surface area contributed by atoms with Crippen molar-refractivity contribution in [2.75, 3.05) is 58.9 Å². The molecule has 1 saturated carbocycles. The highest BCUT2D eigenvalue weighted by Crippen LogP contribution is 2.81. The first kappa shape index (κ1) is 80.2. The molecule has 0 saturated heterocycles. The Bertz CT molecular complexity index is 6120. The number of carbonyl (C=O) groups excluding carboxylic acids is 2. The number of aliphatic hydroxyl groups excluding tert-OH is 2. The number of nitrogens with zero attached hydrogens (tertiary/aromatic N) is 3. The molecule has 0 aromatic heterocycles. The van der Waals surface area contributed by atoms with Gasteiger partial charge in [-0.05, 0) is 221 Å². The molecule has 124 heavy (non-hydrogen) atoms. The van der Waals surface area contributed by atoms with Crippen LogP contribution in [0.2, 0.25) is 0 Å². The lowest BCUT2D eigenvalue weighted by molar-refractivity contribution is -0.152. The molecular formula is C91H84N6O27. The number of benzene rings is 2. The molecule has 0 aliphatic heterocycles. The average molecular weight is 1690 g/mol. The molecule has 2 amide bonds. The third-order valence-electron chi connectivity index (χ3n) is 29.6. The van der Waals surface area contributed by atoms with Crippen molar-refractivity contribution in [3.05, 3.63) is 211 Å². The fourth-order valence-electron chi connectivity index (χ4n) is 25.8. The first-order valence-corrected chi connectivity index (χ1v) is 41.6. The smallest absolute Gasteiger partial charge is 0.320 e. The van der Waals surface area contributed by atoms with Crippen molar-refractivity contribution < 1.29 is 134 Å². The van der Waals surface area contributed by atoms with Crippen LogP contribution < -0.4 is 26.4 Å². The molecule has 18 aliphatic rings. The Balaban J connectivity index is 0.802. The molecule has 18 atom stereocenters. The van der Waals surface area contributed by atoms with Crippen LogP contribution in [0.15, 0.2) is 156 Å². The topological polar surface area (TPSA) is 554 Å². The van der Waals surface area contributed by atoms with Crippen molar-refractivity contribution in [3.63, 3.8) is 0 Å². The summed E-state index contributed by atoms with van der Waals surface area (Å²) in [6.45, 7) is -5.48. The highest BCUT2D eigenvalue weighted by Gasteiger charge is 2.77. The molecule has 2 aromatic carbocycles. The van der Waals surface area contributed by atoms with Crippen LogP contribution in [-0.2, 0) is 69.6 Å². The van der Waals surface area contributed by atoms with E-state index in [0.29, 0.717) is 122 Å². The number of aliphatic hydroxyl groups is 5. The maximum Gasteiger partial charge on any atom is 0.320 e. The quantitative estimate of drug-likeness (QED) is 0.0416. The van der Waals surface area contributed by atoms with Crippen molar-refractivity contribution in [3.8, 4) is 0 Å². The summed E-state index contributed by atoms with van der Waals surface area (Å²) in [6.07, 6.45) is 18.1. The van der Waals surface area contributed by atoms with Gasteiger partial charge in [0, 0.05) is 71.2 Å². The molecule has 0 bridgehead atoms. The van der Waals surface area contributed by atoms with Gasteiger partial charge in [0.15, 0.2) is 0 Å². The first-order chi connectivity index (χ1) is 59.1. The van der Waals surface area contributed by atoms with E-state index in [0.717, 1.165) is 14.7 Å². The van der Waals surface area contributed by atoms with Gasteiger partial charge in [-0.15, -0.1) is 0 Å². The van der Waals surface area contributed by atoms with Crippen LogP contribution in [0.3, 0.4) is 0 Å². The third kappa shape index (κ3) is 10.7. The van der Waals surface area contributed by atoms with Gasteiger partial charge in [-0.3, -0.25) is 72.2 Å². The first-order valence-electron chi connectivity index (χ1n) is 41.6. The number of hydrogen-bond donors (Lipinski definition) is 18. The standard InChI is InChI=1S/C91H84N6O27/c98-51-26-46-66-69-67-45(81(46)111)25-44-63(87(120)121)47-11-8-15-88(94-18-6-3-14-50(86(118)119)97(32-56(107)108)33-57(109)110)27-38-20-35-22-41(82(112)92-16-4-1-12-48(84(114)115)95(28-52(99)100)29-53(101)102)40-21-36-23-43-62(83(113)93-17-5-2-13-49(85(116)117)96(30-54(103)104)31-55(105)106)39-10-7-9-34-19-37-24-42(51)75(66)89(122)74(37)70(58(34)39)65(43)72-59(36)71-64(40)60(35)76-61(38)80(91(47,88)124)68(44)77(67)90(76,123)79(71)73(69)78(72)89/h7-11,15,19-26,39-40,44,48-51,62-64,74,79-81,94,98,111,122-124H,1-6,12-14,16-18,27-33H2,(H,92,112)(H,93,113)(H,99,100)(H,101,102)(H,103,104)(H,105,106)(H,107,108)(H,109,110)(H,114,115)(H,116,117)(H,118,119)(H,120,121). The van der Waals surface area contributed by atoms with Crippen molar-refractivity contribution in [1.82, 2.24) is 30.7 Å². The second-order valence-corrected chi connectivity index (χ2v) is 35.7. The Labute approximate surface area is 702 Å². The molecule has 2 aromatic rings. The number of allylic oxidation sites excluding steroid dienone is 11. The number of carboxylic acids is 10. The largest absolute Gasteiger partial charge is 0.481 e. The Kier molecular flexibility index (Phi) is 18.1. The van der Waals surface area contributed by atoms with E-state index in [4.69, 9.17) is 0 Å². The molecule has 18 N–H and O–H groups in total. The van der Waals surface area contributed by atoms with E-state index < -0.39 is 217 Å². The van der Waals surface area contributed by atoms with Gasteiger partial charge < -0.3 is 92.5 Å². The van der Waals surface area contributed by atoms with E-state index in [-0.39, 0.29) is 117 Å². The van der Waals surface area contributed by atoms with E-state index in [1.165, 1.54) is 0 Å². The molecule has 1 fully saturated rings. The molecule has 18 unspecified atom stereocenters. The maximum atomic E-state index is 16.2. The third-order valence-corrected chi connectivity index (χ3v) is 29.6. The van der Waals surface area contributed by atoms with Crippen LogP contribution in [0.1, 0.15) is 120 Å². The van der Waals surface area contributed by atoms with Crippen molar-refractivity contribution in [2.24, 2.45) is 35.5 Å². The van der Waals surface area contributed by atoms with Gasteiger partial charge in [-0.1, -0.05) is 73.2 Å². The number of unbranched alkanes of at least 4 members (excludes halogenated alkanes) is 3. The average Bonchev–Trinajstić information content (AvgIpc) is 0.611. The normalized spacial score (nSPS) is 30.5. The predicted octanol–water partition coefficient (Wildman–Crippen LogP) is 0.806. The van der Waals surface area contributed by atoms with E-state index in [1.54, 1.807) is 36.5 Å². The summed E-state index contributed by atoms with van der Waals surface area (Å²) in [7, 11) is 0. The van der Waals surface area contributed by atoms with Gasteiger partial charge >= 0.3 is 59.7 Å². The molecule has 33 heteroatoms. The number of carboxylic acid groups (broad SMARTS) is 10. The van der Waals surface area contributed by atoms with E-state index >= 15 is 24.9 Å². The molecule has 33 nitrogen and oxygen atoms in total. The lowest BCUT2D eigenvalue weighted by Crippen LogP contribution is -2.74. The van der Waals surface area contributed by atoms with E-state index in [1.807, 2.05) is 48.6 Å². The van der Waals surface area contributed by atoms with Gasteiger partial charge in [0.25, 0.3) is 0 Å². The fourth-order valence-corrected chi connectivity index (χ4v) is 25.8. The zero-order valence-corrected chi connectivity index (χ0v) is 66.0. The molecule has 640 valence electrons. The fraction of sp³-hybridized carbons (Fsp3) is 0.407. The molecule has 0 spiro atoms. The Morgan fingerprint density at radius 3 is 1.69 bits per heavy atom. The van der Waals surface area contributed by atoms with E-state index in [2.05, 4.69) is 16.0 Å². The van der Waals surface area contributed by atoms with Gasteiger partial charge in [0.05, 0.1) is 62.7 Å². The number of amides is 2. The molecular weight excluding hydrogens is 1610 g/mol. The number of carbonyl (C=O) groups is 12. The van der Waals surface area contributed by atoms with Gasteiger partial charge in [-0.2, -0.15) is 0 Å². The van der Waals surface area contributed by atoms with Crippen LogP contribution in [0.5, 0.6) is 0 Å². The molecule has 0 heterocycles. The Morgan fingerprint density at radius 2 is 1.10 bits per heavy atom. The zero-order valence-electron chi connectivity index (χ0n) is 66.0. The summed E-state index contributed by atoms with van der Waals surface area (Å²) in [5, 5.41) is 186. The maximum absolute atomic E-state index is 16.2. The van der Waals surface area contributed by atoms with Crippen LogP contribution in [0, 0.1) is 35.5 Å². The lowest BCUT2D eigenvalue weighted by Gasteiger charge is -2.69. The summed E-state index contributed by atoms with van der Waals surface area (Å²) in [4.78, 5) is 160. The highest BCUT2D eigenvalue weighted by molar-refractivity contribution is 6.13. The van der Waals surface area contributed by atoms with E-state index in [9.17, 15) is 109 Å². The Hall–Kier alpha value is -12.2. The van der Waals surface area contributed by atoms with Gasteiger partial charge in [-0.25, -0.2) is 0 Å². The molecule has 20 rings (SSSR count). The monoisotopic (exact) mass is 1690 g/mol. The summed E-state index contributed by atoms with van der Waals surface area (Å²) in [5.74, 6) is -25.8. The SMILES string of the molecule is O=C(O)CN(CC(=O)O)C(CCCCNC(=O)C1=Cc2cc3c4c5c2C2C6=c7c8c9c(cc7=CC12)C(C(=O)NCCCCC(C(=O)O)N(CC(=O)O)CC(=O)O)C1C=CC=C2C=C7C=C%10C%11=C%12C(=CC%10O)C(O)C%10=CC%13C(=C%14C%10=C%12C(=C8C%11(O)C7C9=C21)C6C%145O)C4C1(O)C(=CC=CC1(NCCCCC(C(=O)O)N(CC(=O)O)CC(=O)O)C3)C%13C(=O)O)C(=O)O. The van der Waals surface area contributed by atoms with Gasteiger partial charge in [0.2, 0.25) is 11.8 Å². The Morgan fingerprint density at radius 1 is 0.508 bits per heavy atom. The van der Waals surface area contributed by atoms with Crippen LogP contribution >= 0.6 is 0 Å². The summed E-state index contributed by atoms with van der Waals surface area (Å²) in [6, 6.07) is -0.765. The van der Waals surface area contributed by atoms with Crippen LogP contribution in [-0.4, -0.2) is 269 Å². The molecule has 0 radical (unpaired) electrons. The lowest BCUT2D eigenvalue weighted by atomic mass is 9.36. The number of rotatable bonds is 37. The summed E-state index contributed by atoms with van der Waals surface area (Å²) in [5.41, 5.74) is 2.50. The summed E-state index contributed by atoms with van der Waals surface area (Å²) >= 11 is 0. The predicted molar refractivity (Wildman–Crippen MR) is 429 cm³/mol. The number of hydrogen-bond acceptors (Lipinski definition) is 21. The second-order valence-electron chi connectivity index (χ2n) is 35.7. The molecule has 18 aliphatic carbocycles. The minimum Gasteiger partial charge on any atom is -0.481 e. The van der Waals surface area contributed by atoms with Crippen molar-refractivity contribution in [1.29, 1.82) is 0 Å². The number of aliphatic carboxylic acids is 10. The van der Waals surface area contributed by atoms with Crippen LogP contribution in [0.25, 0.3) is 28.9 Å². The zero-order chi connectivity index (χ0) is 87.4.